The molecule has 1 saturated heterocycles. The molecule has 1 aromatic rings. The van der Waals surface area contributed by atoms with Crippen LogP contribution in [-0.2, 0) is 19.7 Å². The van der Waals surface area contributed by atoms with Gasteiger partial charge in [0.25, 0.3) is 0 Å². The lowest BCUT2D eigenvalue weighted by molar-refractivity contribution is -0.149. The minimum absolute atomic E-state index is 0.190. The highest BCUT2D eigenvalue weighted by Crippen LogP contribution is 2.37. The fourth-order valence-electron chi connectivity index (χ4n) is 3.40. The van der Waals surface area contributed by atoms with E-state index >= 15 is 0 Å². The molecule has 0 N–H and O–H groups in total. The number of morpholine rings is 1. The molecule has 0 radical (unpaired) electrons. The molecule has 136 valence electrons. The molecule has 1 heterocycles. The second kappa shape index (κ2) is 9.54. The Morgan fingerprint density at radius 3 is 2.60 bits per heavy atom. The van der Waals surface area contributed by atoms with Crippen molar-refractivity contribution in [2.75, 3.05) is 39.5 Å². The first-order valence-corrected chi connectivity index (χ1v) is 8.97. The summed E-state index contributed by atoms with van der Waals surface area (Å²) in [7, 11) is 0. The highest BCUT2D eigenvalue weighted by atomic mass is 16.5. The van der Waals surface area contributed by atoms with Crippen LogP contribution in [0.4, 0.5) is 0 Å². The van der Waals surface area contributed by atoms with Gasteiger partial charge in [-0.3, -0.25) is 9.69 Å². The third-order valence-electron chi connectivity index (χ3n) is 4.84. The molecule has 1 fully saturated rings. The summed E-state index contributed by atoms with van der Waals surface area (Å²) in [4.78, 5) is 15.5. The molecule has 0 spiro atoms. The Morgan fingerprint density at radius 2 is 2.00 bits per heavy atom. The summed E-state index contributed by atoms with van der Waals surface area (Å²) in [6.07, 6.45) is 4.33. The van der Waals surface area contributed by atoms with Crippen molar-refractivity contribution in [3.05, 3.63) is 60.2 Å². The molecule has 1 aliphatic heterocycles. The zero-order chi connectivity index (χ0) is 18.1. The number of carbonyl (C=O) groups excluding carboxylic acids is 1. The van der Waals surface area contributed by atoms with Crippen LogP contribution in [0.3, 0.4) is 0 Å². The van der Waals surface area contributed by atoms with E-state index in [1.165, 1.54) is 0 Å². The summed E-state index contributed by atoms with van der Waals surface area (Å²) < 4.78 is 10.9. The molecule has 4 heteroatoms. The van der Waals surface area contributed by atoms with Crippen LogP contribution in [0.2, 0.25) is 0 Å². The third-order valence-corrected chi connectivity index (χ3v) is 4.84. The molecule has 1 unspecified atom stereocenters. The van der Waals surface area contributed by atoms with Crippen LogP contribution in [-0.4, -0.2) is 50.3 Å². The molecule has 0 aliphatic carbocycles. The van der Waals surface area contributed by atoms with Crippen molar-refractivity contribution in [3.8, 4) is 0 Å². The number of rotatable bonds is 8. The van der Waals surface area contributed by atoms with Gasteiger partial charge >= 0.3 is 5.97 Å². The molecule has 1 aromatic carbocycles. The molecule has 0 aromatic heterocycles. The highest BCUT2D eigenvalue weighted by molar-refractivity contribution is 5.87. The van der Waals surface area contributed by atoms with E-state index in [1.807, 2.05) is 50.3 Å². The first-order valence-electron chi connectivity index (χ1n) is 8.97. The van der Waals surface area contributed by atoms with E-state index in [0.717, 1.165) is 44.0 Å². The minimum atomic E-state index is -0.788. The standard InChI is InChI=1S/C21H29NO3/c1-4-9-18(3)21(20(23)25-5-2,19-10-7-6-8-11-19)12-13-22-14-16-24-17-15-22/h4,6-11H,1,5,12-17H2,2-3H3/b18-9+. The van der Waals surface area contributed by atoms with Gasteiger partial charge in [0.05, 0.1) is 19.8 Å². The molecule has 4 nitrogen and oxygen atoms in total. The molecule has 1 aliphatic rings. The van der Waals surface area contributed by atoms with Crippen molar-refractivity contribution in [2.45, 2.75) is 25.7 Å². The van der Waals surface area contributed by atoms with Gasteiger partial charge in [-0.1, -0.05) is 54.6 Å². The van der Waals surface area contributed by atoms with Gasteiger partial charge in [-0.05, 0) is 25.8 Å². The van der Waals surface area contributed by atoms with Crippen molar-refractivity contribution in [2.24, 2.45) is 0 Å². The number of hydrogen-bond donors (Lipinski definition) is 0. The zero-order valence-electron chi connectivity index (χ0n) is 15.4. The van der Waals surface area contributed by atoms with Gasteiger partial charge in [-0.25, -0.2) is 0 Å². The SMILES string of the molecule is C=C/C=C(\C)C(CCN1CCOCC1)(C(=O)OCC)c1ccccc1. The zero-order valence-corrected chi connectivity index (χ0v) is 15.4. The van der Waals surface area contributed by atoms with Crippen LogP contribution >= 0.6 is 0 Å². The van der Waals surface area contributed by atoms with Gasteiger partial charge in [0.1, 0.15) is 5.41 Å². The fraction of sp³-hybridized carbons (Fsp3) is 0.476. The summed E-state index contributed by atoms with van der Waals surface area (Å²) in [5.41, 5.74) is 1.14. The molecule has 1 atom stereocenters. The van der Waals surface area contributed by atoms with Crippen LogP contribution in [0.5, 0.6) is 0 Å². The minimum Gasteiger partial charge on any atom is -0.465 e. The molecule has 0 amide bonds. The average Bonchev–Trinajstić information content (AvgIpc) is 2.64. The Hall–Kier alpha value is -1.91. The van der Waals surface area contributed by atoms with Crippen molar-refractivity contribution >= 4 is 5.97 Å². The number of nitrogens with zero attached hydrogens (tertiary/aromatic N) is 1. The predicted octanol–water partition coefficient (Wildman–Crippen LogP) is 3.34. The monoisotopic (exact) mass is 343 g/mol. The van der Waals surface area contributed by atoms with Crippen LogP contribution in [0, 0.1) is 0 Å². The van der Waals surface area contributed by atoms with Crippen LogP contribution < -0.4 is 0 Å². The van der Waals surface area contributed by atoms with Gasteiger partial charge in [0.2, 0.25) is 0 Å². The smallest absolute Gasteiger partial charge is 0.320 e. The number of allylic oxidation sites excluding steroid dienone is 2. The summed E-state index contributed by atoms with van der Waals surface area (Å²) >= 11 is 0. The van der Waals surface area contributed by atoms with E-state index in [9.17, 15) is 4.79 Å². The Bertz CT molecular complexity index is 590. The lowest BCUT2D eigenvalue weighted by Gasteiger charge is -2.36. The maximum atomic E-state index is 13.1. The Labute approximate surface area is 151 Å². The predicted molar refractivity (Wildman–Crippen MR) is 101 cm³/mol. The van der Waals surface area contributed by atoms with Crippen molar-refractivity contribution < 1.29 is 14.3 Å². The first-order chi connectivity index (χ1) is 12.1. The summed E-state index contributed by atoms with van der Waals surface area (Å²) in [5, 5.41) is 0. The lowest BCUT2D eigenvalue weighted by atomic mass is 9.71. The number of benzene rings is 1. The Balaban J connectivity index is 2.40. The third kappa shape index (κ3) is 4.59. The van der Waals surface area contributed by atoms with Gasteiger partial charge in [0.15, 0.2) is 0 Å². The normalized spacial score (nSPS) is 18.4. The molecular weight excluding hydrogens is 314 g/mol. The largest absolute Gasteiger partial charge is 0.465 e. The van der Waals surface area contributed by atoms with Crippen molar-refractivity contribution in [3.63, 3.8) is 0 Å². The topological polar surface area (TPSA) is 38.8 Å². The molecule has 25 heavy (non-hydrogen) atoms. The second-order valence-corrected chi connectivity index (χ2v) is 6.28. The molecule has 0 bridgehead atoms. The maximum absolute atomic E-state index is 13.1. The average molecular weight is 343 g/mol. The summed E-state index contributed by atoms with van der Waals surface area (Å²) in [5.74, 6) is -0.190. The quantitative estimate of drug-likeness (QED) is 0.536. The Kier molecular flexibility index (Phi) is 7.41. The van der Waals surface area contributed by atoms with Crippen LogP contribution in [0.15, 0.2) is 54.6 Å². The molecular formula is C21H29NO3. The van der Waals surface area contributed by atoms with E-state index in [4.69, 9.17) is 9.47 Å². The first kappa shape index (κ1) is 19.4. The van der Waals surface area contributed by atoms with Crippen LogP contribution in [0.25, 0.3) is 0 Å². The molecule has 0 saturated carbocycles. The van der Waals surface area contributed by atoms with E-state index in [2.05, 4.69) is 11.5 Å². The number of esters is 1. The van der Waals surface area contributed by atoms with Gasteiger partial charge in [-0.15, -0.1) is 0 Å². The number of ether oxygens (including phenoxy) is 2. The summed E-state index contributed by atoms with van der Waals surface area (Å²) in [6.45, 7) is 12.1. The van der Waals surface area contributed by atoms with E-state index < -0.39 is 5.41 Å². The number of hydrogen-bond acceptors (Lipinski definition) is 4. The fourth-order valence-corrected chi connectivity index (χ4v) is 3.40. The lowest BCUT2D eigenvalue weighted by Crippen LogP contribution is -2.44. The maximum Gasteiger partial charge on any atom is 0.320 e. The van der Waals surface area contributed by atoms with Gasteiger partial charge in [-0.2, -0.15) is 0 Å². The van der Waals surface area contributed by atoms with Gasteiger partial charge in [0, 0.05) is 19.6 Å². The second-order valence-electron chi connectivity index (χ2n) is 6.28. The van der Waals surface area contributed by atoms with Crippen LogP contribution in [0.1, 0.15) is 25.8 Å². The van der Waals surface area contributed by atoms with E-state index in [1.54, 1.807) is 6.08 Å². The summed E-state index contributed by atoms with van der Waals surface area (Å²) in [6, 6.07) is 9.93. The Morgan fingerprint density at radius 1 is 1.32 bits per heavy atom. The number of carbonyl (C=O) groups is 1. The van der Waals surface area contributed by atoms with Gasteiger partial charge < -0.3 is 9.47 Å². The highest BCUT2D eigenvalue weighted by Gasteiger charge is 2.43. The van der Waals surface area contributed by atoms with E-state index in [0.29, 0.717) is 13.0 Å². The van der Waals surface area contributed by atoms with Crippen molar-refractivity contribution in [1.29, 1.82) is 0 Å². The molecule has 2 rings (SSSR count). The van der Waals surface area contributed by atoms with Crippen molar-refractivity contribution in [1.82, 2.24) is 4.90 Å². The van der Waals surface area contributed by atoms with E-state index in [-0.39, 0.29) is 5.97 Å².